The van der Waals surface area contributed by atoms with Crippen LogP contribution in [0.25, 0.3) is 0 Å². The fourth-order valence-electron chi connectivity index (χ4n) is 3.30. The van der Waals surface area contributed by atoms with Crippen molar-refractivity contribution in [3.63, 3.8) is 0 Å². The minimum Gasteiger partial charge on any atom is -0.353 e. The summed E-state index contributed by atoms with van der Waals surface area (Å²) in [6.07, 6.45) is 4.10. The molecule has 0 radical (unpaired) electrons. The van der Waals surface area contributed by atoms with E-state index in [1.54, 1.807) is 6.07 Å². The number of H-pyrrole nitrogens is 1. The van der Waals surface area contributed by atoms with E-state index in [9.17, 15) is 4.79 Å². The predicted molar refractivity (Wildman–Crippen MR) is 82.9 cm³/mol. The van der Waals surface area contributed by atoms with Crippen LogP contribution < -0.4 is 5.56 Å². The maximum absolute atomic E-state index is 11.6. The van der Waals surface area contributed by atoms with Gasteiger partial charge in [0.1, 0.15) is 5.82 Å². The van der Waals surface area contributed by atoms with Gasteiger partial charge in [-0.05, 0) is 32.7 Å². The highest BCUT2D eigenvalue weighted by Crippen LogP contribution is 2.25. The lowest BCUT2D eigenvalue weighted by atomic mass is 9.94. The van der Waals surface area contributed by atoms with E-state index in [-0.39, 0.29) is 11.8 Å². The van der Waals surface area contributed by atoms with Crippen molar-refractivity contribution in [2.75, 3.05) is 32.8 Å². The van der Waals surface area contributed by atoms with Gasteiger partial charge >= 0.3 is 0 Å². The van der Waals surface area contributed by atoms with Gasteiger partial charge in [-0.1, -0.05) is 0 Å². The number of hydrogen-bond donors (Lipinski definition) is 1. The van der Waals surface area contributed by atoms with Gasteiger partial charge in [-0.25, -0.2) is 4.98 Å². The van der Waals surface area contributed by atoms with Crippen molar-refractivity contribution >= 4 is 0 Å². The Morgan fingerprint density at radius 1 is 1.36 bits per heavy atom. The number of nitrogens with one attached hydrogen (secondary N) is 1. The van der Waals surface area contributed by atoms with Crippen molar-refractivity contribution in [2.45, 2.75) is 44.8 Å². The summed E-state index contributed by atoms with van der Waals surface area (Å²) in [5.74, 6) is 1.05. The van der Waals surface area contributed by atoms with E-state index in [1.165, 1.54) is 0 Å². The maximum Gasteiger partial charge on any atom is 0.251 e. The minimum atomic E-state index is -0.0522. The molecule has 2 saturated heterocycles. The Labute approximate surface area is 130 Å². The molecule has 2 fully saturated rings. The van der Waals surface area contributed by atoms with E-state index in [1.807, 2.05) is 6.92 Å². The molecule has 0 aliphatic carbocycles. The van der Waals surface area contributed by atoms with Gasteiger partial charge in [-0.3, -0.25) is 4.79 Å². The van der Waals surface area contributed by atoms with Gasteiger partial charge in [0.05, 0.1) is 18.9 Å². The zero-order chi connectivity index (χ0) is 15.4. The Balaban J connectivity index is 1.55. The van der Waals surface area contributed by atoms with Crippen LogP contribution >= 0.6 is 0 Å². The zero-order valence-electron chi connectivity index (χ0n) is 13.2. The molecule has 22 heavy (non-hydrogen) atoms. The van der Waals surface area contributed by atoms with Crippen molar-refractivity contribution in [3.05, 3.63) is 27.9 Å². The van der Waals surface area contributed by atoms with Gasteiger partial charge in [-0.2, -0.15) is 0 Å². The number of rotatable bonds is 4. The van der Waals surface area contributed by atoms with Crippen molar-refractivity contribution in [2.24, 2.45) is 0 Å². The highest BCUT2D eigenvalue weighted by molar-refractivity contribution is 5.10. The van der Waals surface area contributed by atoms with Crippen molar-refractivity contribution in [1.82, 2.24) is 14.9 Å². The molecule has 3 rings (SSSR count). The molecule has 0 aromatic carbocycles. The number of aryl methyl sites for hydroxylation is 1. The van der Waals surface area contributed by atoms with Gasteiger partial charge in [0.15, 0.2) is 6.29 Å². The summed E-state index contributed by atoms with van der Waals surface area (Å²) in [7, 11) is 0. The largest absolute Gasteiger partial charge is 0.353 e. The second kappa shape index (κ2) is 7.35. The van der Waals surface area contributed by atoms with E-state index < -0.39 is 0 Å². The monoisotopic (exact) mass is 307 g/mol. The van der Waals surface area contributed by atoms with Crippen LogP contribution in [0.15, 0.2) is 10.9 Å². The number of aromatic amines is 1. The van der Waals surface area contributed by atoms with Crippen LogP contribution in [-0.4, -0.2) is 54.0 Å². The summed E-state index contributed by atoms with van der Waals surface area (Å²) < 4.78 is 11.2. The molecule has 6 heteroatoms. The number of ether oxygens (including phenoxy) is 2. The second-order valence-corrected chi connectivity index (χ2v) is 6.21. The van der Waals surface area contributed by atoms with Gasteiger partial charge in [-0.15, -0.1) is 0 Å². The van der Waals surface area contributed by atoms with Gasteiger partial charge in [0.25, 0.3) is 5.56 Å². The Hall–Kier alpha value is -1.24. The number of likely N-dealkylation sites (tertiary alicyclic amines) is 1. The maximum atomic E-state index is 11.6. The van der Waals surface area contributed by atoms with E-state index >= 15 is 0 Å². The molecule has 1 unspecified atom stereocenters. The third-order valence-electron chi connectivity index (χ3n) is 4.38. The van der Waals surface area contributed by atoms with Crippen LogP contribution in [0.5, 0.6) is 0 Å². The molecule has 0 spiro atoms. The van der Waals surface area contributed by atoms with Crippen LogP contribution in [0, 0.1) is 6.92 Å². The molecule has 0 bridgehead atoms. The first kappa shape index (κ1) is 15.6. The topological polar surface area (TPSA) is 67.5 Å². The number of aromatic nitrogens is 2. The zero-order valence-corrected chi connectivity index (χ0v) is 13.2. The molecule has 1 N–H and O–H groups in total. The highest BCUT2D eigenvalue weighted by atomic mass is 16.7. The Morgan fingerprint density at radius 3 is 2.95 bits per heavy atom. The quantitative estimate of drug-likeness (QED) is 0.911. The molecule has 3 heterocycles. The van der Waals surface area contributed by atoms with Crippen LogP contribution in [0.2, 0.25) is 0 Å². The van der Waals surface area contributed by atoms with Crippen LogP contribution in [0.1, 0.15) is 43.1 Å². The molecule has 1 aromatic heterocycles. The molecule has 1 aromatic rings. The minimum absolute atomic E-state index is 0.0472. The SMILES string of the molecule is Cc1nc(C2CCCN(CCC3OCCCO3)C2)cc(=O)[nH]1. The first-order valence-corrected chi connectivity index (χ1v) is 8.24. The third kappa shape index (κ3) is 4.15. The Bertz CT molecular complexity index is 540. The summed E-state index contributed by atoms with van der Waals surface area (Å²) in [6.45, 7) is 6.49. The number of nitrogens with zero attached hydrogens (tertiary/aromatic N) is 2. The van der Waals surface area contributed by atoms with Crippen LogP contribution in [-0.2, 0) is 9.47 Å². The molecular formula is C16H25N3O3. The molecule has 1 atom stereocenters. The van der Waals surface area contributed by atoms with Gasteiger partial charge in [0.2, 0.25) is 0 Å². The molecule has 2 aliphatic heterocycles. The summed E-state index contributed by atoms with van der Waals surface area (Å²) in [4.78, 5) is 21.3. The summed E-state index contributed by atoms with van der Waals surface area (Å²) in [5, 5.41) is 0. The lowest BCUT2D eigenvalue weighted by Gasteiger charge is -2.33. The Morgan fingerprint density at radius 2 is 2.18 bits per heavy atom. The lowest BCUT2D eigenvalue weighted by molar-refractivity contribution is -0.182. The fourth-order valence-corrected chi connectivity index (χ4v) is 3.30. The first-order chi connectivity index (χ1) is 10.7. The number of piperidine rings is 1. The van der Waals surface area contributed by atoms with E-state index in [0.29, 0.717) is 11.7 Å². The smallest absolute Gasteiger partial charge is 0.251 e. The molecule has 6 nitrogen and oxygen atoms in total. The average molecular weight is 307 g/mol. The standard InChI is InChI=1S/C16H25N3O3/c1-12-17-14(10-15(20)18-12)13-4-2-6-19(11-13)7-5-16-21-8-3-9-22-16/h10,13,16H,2-9,11H2,1H3,(H,17,18,20). The van der Waals surface area contributed by atoms with E-state index in [4.69, 9.17) is 9.47 Å². The normalized spacial score (nSPS) is 24.5. The first-order valence-electron chi connectivity index (χ1n) is 8.24. The van der Waals surface area contributed by atoms with E-state index in [2.05, 4.69) is 14.9 Å². The van der Waals surface area contributed by atoms with E-state index in [0.717, 1.165) is 64.2 Å². The summed E-state index contributed by atoms with van der Waals surface area (Å²) in [6, 6.07) is 1.65. The third-order valence-corrected chi connectivity index (χ3v) is 4.38. The van der Waals surface area contributed by atoms with Gasteiger partial charge < -0.3 is 19.4 Å². The highest BCUT2D eigenvalue weighted by Gasteiger charge is 2.24. The molecule has 0 amide bonds. The number of hydrogen-bond acceptors (Lipinski definition) is 5. The average Bonchev–Trinajstić information content (AvgIpc) is 2.53. The van der Waals surface area contributed by atoms with Crippen molar-refractivity contribution in [3.8, 4) is 0 Å². The molecular weight excluding hydrogens is 282 g/mol. The lowest BCUT2D eigenvalue weighted by Crippen LogP contribution is -2.38. The van der Waals surface area contributed by atoms with Crippen molar-refractivity contribution in [1.29, 1.82) is 0 Å². The molecule has 0 saturated carbocycles. The van der Waals surface area contributed by atoms with Crippen LogP contribution in [0.3, 0.4) is 0 Å². The van der Waals surface area contributed by atoms with Crippen molar-refractivity contribution < 1.29 is 9.47 Å². The fraction of sp³-hybridized carbons (Fsp3) is 0.750. The van der Waals surface area contributed by atoms with Gasteiger partial charge in [0, 0.05) is 31.5 Å². The van der Waals surface area contributed by atoms with Crippen LogP contribution in [0.4, 0.5) is 0 Å². The molecule has 122 valence electrons. The summed E-state index contributed by atoms with van der Waals surface area (Å²) in [5.41, 5.74) is 0.875. The molecule has 2 aliphatic rings. The second-order valence-electron chi connectivity index (χ2n) is 6.21. The Kier molecular flexibility index (Phi) is 5.23. The summed E-state index contributed by atoms with van der Waals surface area (Å²) >= 11 is 0. The predicted octanol–water partition coefficient (Wildman–Crippen LogP) is 1.41.